The van der Waals surface area contributed by atoms with Crippen LogP contribution in [0.15, 0.2) is 24.3 Å². The van der Waals surface area contributed by atoms with Gasteiger partial charge < -0.3 is 19.4 Å². The first-order valence-corrected chi connectivity index (χ1v) is 15.0. The van der Waals surface area contributed by atoms with Crippen molar-refractivity contribution >= 4 is 7.60 Å². The highest BCUT2D eigenvalue weighted by Gasteiger charge is 2.48. The third kappa shape index (κ3) is 19.5. The second-order valence-electron chi connectivity index (χ2n) is 10.7. The molecule has 5 nitrogen and oxygen atoms in total. The number of allylic oxidation sites excluding steroid dienone is 4. The molecule has 196 valence electrons. The molecule has 0 rings (SSSR count). The second kappa shape index (κ2) is 18.8. The van der Waals surface area contributed by atoms with E-state index in [9.17, 15) is 19.5 Å². The van der Waals surface area contributed by atoms with Crippen molar-refractivity contribution in [2.45, 2.75) is 121 Å². The maximum atomic E-state index is 11.8. The molecule has 33 heavy (non-hydrogen) atoms. The largest absolute Gasteiger partial charge is 0.373 e. The van der Waals surface area contributed by atoms with Gasteiger partial charge in [-0.25, -0.2) is 0 Å². The molecule has 0 radical (unpaired) electrons. The average Bonchev–Trinajstić information content (AvgIpc) is 2.70. The first-order valence-electron chi connectivity index (χ1n) is 13.4. The minimum atomic E-state index is -4.56. The third-order valence-electron chi connectivity index (χ3n) is 6.02. The minimum absolute atomic E-state index is 0.0482. The van der Waals surface area contributed by atoms with E-state index in [1.807, 2.05) is 21.1 Å². The topological polar surface area (TPSA) is 77.8 Å². The summed E-state index contributed by atoms with van der Waals surface area (Å²) in [5.41, 5.74) is 0. The summed E-state index contributed by atoms with van der Waals surface area (Å²) in [7, 11) is 0.942. The molecular formula is C27H55NO4P+. The Morgan fingerprint density at radius 2 is 1.03 bits per heavy atom. The minimum Gasteiger partial charge on any atom is -0.373 e. The van der Waals surface area contributed by atoms with E-state index in [4.69, 9.17) is 0 Å². The molecule has 0 saturated carbocycles. The zero-order valence-corrected chi connectivity index (χ0v) is 23.1. The van der Waals surface area contributed by atoms with Crippen molar-refractivity contribution in [1.29, 1.82) is 0 Å². The molecule has 6 heteroatoms. The Labute approximate surface area is 205 Å². The quantitative estimate of drug-likeness (QED) is 0.0645. The van der Waals surface area contributed by atoms with Gasteiger partial charge in [0.05, 0.1) is 21.1 Å². The first-order chi connectivity index (χ1) is 15.5. The Morgan fingerprint density at radius 1 is 0.667 bits per heavy atom. The number of likely N-dealkylation sites (N-methyl/N-ethyl adjacent to an activating group) is 1. The average molecular weight is 489 g/mol. The van der Waals surface area contributed by atoms with Crippen molar-refractivity contribution in [3.05, 3.63) is 24.3 Å². The van der Waals surface area contributed by atoms with Crippen LogP contribution in [0.3, 0.4) is 0 Å². The third-order valence-corrected chi connectivity index (χ3v) is 7.47. The standard InChI is InChI=1S/C27H54NO4P/c1-5-6-7-8-9-10-11-12-13-14-15-16-17-18-19-20-21-22-23-24-25-27(29,33(30,31)32)26-28(2,3)4/h11-12,19-20,29H,5-10,13-18,21-26H2,1-4H3,(H-,30,31,32)/p+1/b12-11-,20-19-. The number of hydrogen-bond acceptors (Lipinski definition) is 2. The van der Waals surface area contributed by atoms with Crippen molar-refractivity contribution in [3.63, 3.8) is 0 Å². The predicted octanol–water partition coefficient (Wildman–Crippen LogP) is 7.32. The smallest absolute Gasteiger partial charge is 0.362 e. The molecule has 0 aromatic rings. The highest BCUT2D eigenvalue weighted by Crippen LogP contribution is 2.52. The van der Waals surface area contributed by atoms with E-state index in [-0.39, 0.29) is 13.0 Å². The van der Waals surface area contributed by atoms with Crippen LogP contribution in [0, 0.1) is 0 Å². The lowest BCUT2D eigenvalue weighted by atomic mass is 10.1. The van der Waals surface area contributed by atoms with Gasteiger partial charge in [-0.1, -0.05) is 76.2 Å². The van der Waals surface area contributed by atoms with Crippen LogP contribution in [0.4, 0.5) is 0 Å². The Balaban J connectivity index is 3.66. The highest BCUT2D eigenvalue weighted by molar-refractivity contribution is 7.53. The summed E-state index contributed by atoms with van der Waals surface area (Å²) in [5.74, 6) is 0. The number of hydrogen-bond donors (Lipinski definition) is 3. The Kier molecular flexibility index (Phi) is 18.6. The lowest BCUT2D eigenvalue weighted by Crippen LogP contribution is -2.49. The monoisotopic (exact) mass is 488 g/mol. The molecule has 0 aliphatic rings. The maximum Gasteiger partial charge on any atom is 0.362 e. The molecule has 0 aliphatic carbocycles. The fraction of sp³-hybridized carbons (Fsp3) is 0.852. The molecule has 0 heterocycles. The number of unbranched alkanes of at least 4 members (excludes halogenated alkanes) is 13. The number of aliphatic hydroxyl groups is 1. The summed E-state index contributed by atoms with van der Waals surface area (Å²) in [4.78, 5) is 19.2. The van der Waals surface area contributed by atoms with Crippen LogP contribution in [0.2, 0.25) is 0 Å². The van der Waals surface area contributed by atoms with Crippen molar-refractivity contribution in [3.8, 4) is 0 Å². The van der Waals surface area contributed by atoms with Crippen molar-refractivity contribution in [2.24, 2.45) is 0 Å². The lowest BCUT2D eigenvalue weighted by molar-refractivity contribution is -0.875. The van der Waals surface area contributed by atoms with Gasteiger partial charge in [0, 0.05) is 0 Å². The van der Waals surface area contributed by atoms with E-state index in [1.54, 1.807) is 0 Å². The zero-order valence-electron chi connectivity index (χ0n) is 22.2. The summed E-state index contributed by atoms with van der Waals surface area (Å²) in [6, 6.07) is 0. The van der Waals surface area contributed by atoms with Crippen LogP contribution in [0.5, 0.6) is 0 Å². The van der Waals surface area contributed by atoms with Crippen LogP contribution < -0.4 is 0 Å². The Morgan fingerprint density at radius 3 is 1.36 bits per heavy atom. The van der Waals surface area contributed by atoms with Crippen molar-refractivity contribution in [1.82, 2.24) is 0 Å². The number of nitrogens with zero attached hydrogens (tertiary/aromatic N) is 1. The number of rotatable bonds is 22. The van der Waals surface area contributed by atoms with Gasteiger partial charge in [0.1, 0.15) is 6.54 Å². The van der Waals surface area contributed by atoms with Gasteiger partial charge in [-0.3, -0.25) is 4.57 Å². The van der Waals surface area contributed by atoms with Gasteiger partial charge in [0.25, 0.3) is 0 Å². The van der Waals surface area contributed by atoms with E-state index in [2.05, 4.69) is 31.2 Å². The molecular weight excluding hydrogens is 433 g/mol. The Hall–Kier alpha value is -0.450. The zero-order chi connectivity index (χ0) is 25.1. The molecule has 0 bridgehead atoms. The van der Waals surface area contributed by atoms with Gasteiger partial charge in [-0.2, -0.15) is 0 Å². The van der Waals surface area contributed by atoms with Crippen LogP contribution >= 0.6 is 7.60 Å². The number of quaternary nitrogens is 1. The first kappa shape index (κ1) is 32.5. The van der Waals surface area contributed by atoms with E-state index in [0.29, 0.717) is 10.9 Å². The molecule has 0 amide bonds. The summed E-state index contributed by atoms with van der Waals surface area (Å²) >= 11 is 0. The maximum absolute atomic E-state index is 11.8. The van der Waals surface area contributed by atoms with E-state index in [0.717, 1.165) is 25.7 Å². The van der Waals surface area contributed by atoms with Gasteiger partial charge >= 0.3 is 7.60 Å². The molecule has 3 N–H and O–H groups in total. The summed E-state index contributed by atoms with van der Waals surface area (Å²) in [5, 5.41) is 8.61. The van der Waals surface area contributed by atoms with Gasteiger partial charge in [0.2, 0.25) is 5.34 Å². The summed E-state index contributed by atoms with van der Waals surface area (Å²) in [6.07, 6.45) is 28.4. The van der Waals surface area contributed by atoms with Gasteiger partial charge in [-0.15, -0.1) is 0 Å². The molecule has 0 aliphatic heterocycles. The summed E-state index contributed by atoms with van der Waals surface area (Å²) < 4.78 is 12.1. The van der Waals surface area contributed by atoms with E-state index >= 15 is 0 Å². The van der Waals surface area contributed by atoms with Crippen molar-refractivity contribution in [2.75, 3.05) is 27.7 Å². The summed E-state index contributed by atoms with van der Waals surface area (Å²) in [6.45, 7) is 2.31. The van der Waals surface area contributed by atoms with E-state index in [1.165, 1.54) is 70.6 Å². The molecule has 0 spiro atoms. The molecule has 0 fully saturated rings. The van der Waals surface area contributed by atoms with Crippen LogP contribution in [0.25, 0.3) is 0 Å². The van der Waals surface area contributed by atoms with Gasteiger partial charge in [-0.05, 0) is 64.2 Å². The van der Waals surface area contributed by atoms with E-state index < -0.39 is 12.9 Å². The highest BCUT2D eigenvalue weighted by atomic mass is 31.2. The molecule has 0 saturated heterocycles. The predicted molar refractivity (Wildman–Crippen MR) is 142 cm³/mol. The molecule has 0 aromatic carbocycles. The Bertz CT molecular complexity index is 565. The fourth-order valence-electron chi connectivity index (χ4n) is 4.14. The van der Waals surface area contributed by atoms with Crippen LogP contribution in [-0.2, 0) is 4.57 Å². The van der Waals surface area contributed by atoms with Crippen LogP contribution in [-0.4, -0.2) is 52.4 Å². The van der Waals surface area contributed by atoms with Gasteiger partial charge in [0.15, 0.2) is 0 Å². The molecule has 1 atom stereocenters. The van der Waals surface area contributed by atoms with Crippen LogP contribution in [0.1, 0.15) is 116 Å². The lowest BCUT2D eigenvalue weighted by Gasteiger charge is -2.35. The van der Waals surface area contributed by atoms with Crippen molar-refractivity contribution < 1.29 is 23.9 Å². The second-order valence-corrected chi connectivity index (χ2v) is 12.6. The molecule has 1 unspecified atom stereocenters. The fourth-order valence-corrected chi connectivity index (χ4v) is 5.20. The normalized spacial score (nSPS) is 15.0. The SMILES string of the molecule is CCCCCCC/C=C\CCCCCC/C=C\CCCCCC(O)(C[N+](C)(C)C)P(=O)(O)O. The molecule has 0 aromatic heterocycles.